The van der Waals surface area contributed by atoms with Gasteiger partial charge in [0.05, 0.1) is 5.52 Å². The van der Waals surface area contributed by atoms with Crippen LogP contribution in [0, 0.1) is 0 Å². The lowest BCUT2D eigenvalue weighted by molar-refractivity contribution is 0.0717. The number of aryl methyl sites for hydroxylation is 1. The van der Waals surface area contributed by atoms with Crippen molar-refractivity contribution in [3.8, 4) is 0 Å². The summed E-state index contributed by atoms with van der Waals surface area (Å²) in [6.07, 6.45) is 4.33. The predicted octanol–water partition coefficient (Wildman–Crippen LogP) is 5.67. The summed E-state index contributed by atoms with van der Waals surface area (Å²) in [6, 6.07) is 25.0. The molecular formula is C28H29N3O2. The minimum Gasteiger partial charge on any atom is -0.387 e. The van der Waals surface area contributed by atoms with Gasteiger partial charge in [-0.3, -0.25) is 4.79 Å². The Bertz CT molecular complexity index is 1300. The van der Waals surface area contributed by atoms with Crippen molar-refractivity contribution < 1.29 is 9.53 Å². The lowest BCUT2D eigenvalue weighted by atomic mass is 10.1. The number of fused-ring (bicyclic) bond motifs is 3. The molecule has 5 nitrogen and oxygen atoms in total. The number of aromatic nitrogens is 1. The number of aliphatic imine (C=N–C) groups is 1. The van der Waals surface area contributed by atoms with E-state index in [1.807, 2.05) is 36.4 Å². The summed E-state index contributed by atoms with van der Waals surface area (Å²) < 4.78 is 7.97. The van der Waals surface area contributed by atoms with Crippen molar-refractivity contribution in [1.29, 1.82) is 0 Å². The van der Waals surface area contributed by atoms with E-state index in [-0.39, 0.29) is 5.91 Å². The lowest BCUT2D eigenvalue weighted by Gasteiger charge is -2.25. The lowest BCUT2D eigenvalue weighted by Crippen LogP contribution is -2.19. The van der Waals surface area contributed by atoms with Gasteiger partial charge < -0.3 is 15.0 Å². The standard InChI is InChI=1S/C28H29N3O2/c29-27(12-6-9-20-7-2-1-3-8-20)30-28(32)21-13-14-24-23-10-4-5-11-25(23)31(26(24)19-21)22-15-17-33-18-16-22/h1-5,7-8,10-11,13-14,19,22H,6,9,12,15-18H2,(H2,29,30,32). The van der Waals surface area contributed by atoms with Gasteiger partial charge in [-0.25, -0.2) is 0 Å². The van der Waals surface area contributed by atoms with E-state index >= 15 is 0 Å². The highest BCUT2D eigenvalue weighted by Gasteiger charge is 2.21. The molecule has 168 valence electrons. The Morgan fingerprint density at radius 3 is 2.48 bits per heavy atom. The number of amides is 1. The van der Waals surface area contributed by atoms with Crippen LogP contribution in [-0.2, 0) is 11.2 Å². The number of carbonyl (C=O) groups excluding carboxylic acids is 1. The number of ether oxygens (including phenoxy) is 1. The zero-order valence-electron chi connectivity index (χ0n) is 18.7. The first-order valence-corrected chi connectivity index (χ1v) is 11.7. The maximum Gasteiger partial charge on any atom is 0.278 e. The van der Waals surface area contributed by atoms with Gasteiger partial charge in [0, 0.05) is 47.5 Å². The fourth-order valence-corrected chi connectivity index (χ4v) is 4.84. The second-order valence-electron chi connectivity index (χ2n) is 8.71. The number of hydrogen-bond donors (Lipinski definition) is 1. The Morgan fingerprint density at radius 1 is 0.939 bits per heavy atom. The average molecular weight is 440 g/mol. The second-order valence-corrected chi connectivity index (χ2v) is 8.71. The van der Waals surface area contributed by atoms with E-state index in [0.717, 1.165) is 49.8 Å². The predicted molar refractivity (Wildman–Crippen MR) is 134 cm³/mol. The van der Waals surface area contributed by atoms with E-state index in [4.69, 9.17) is 10.5 Å². The van der Waals surface area contributed by atoms with Crippen molar-refractivity contribution >= 4 is 33.5 Å². The fraction of sp³-hybridized carbons (Fsp3) is 0.286. The first-order chi connectivity index (χ1) is 16.2. The monoisotopic (exact) mass is 439 g/mol. The van der Waals surface area contributed by atoms with E-state index in [2.05, 4.69) is 46.0 Å². The van der Waals surface area contributed by atoms with Crippen molar-refractivity contribution in [3.05, 3.63) is 83.9 Å². The molecule has 0 bridgehead atoms. The van der Waals surface area contributed by atoms with Gasteiger partial charge in [-0.05, 0) is 49.4 Å². The van der Waals surface area contributed by atoms with Gasteiger partial charge in [0.2, 0.25) is 0 Å². The molecular weight excluding hydrogens is 410 g/mol. The molecule has 4 aromatic rings. The molecule has 1 amide bonds. The molecule has 1 saturated heterocycles. The molecule has 1 aliphatic rings. The van der Waals surface area contributed by atoms with Crippen molar-refractivity contribution in [2.45, 2.75) is 38.1 Å². The Morgan fingerprint density at radius 2 is 1.67 bits per heavy atom. The summed E-state index contributed by atoms with van der Waals surface area (Å²) in [5.41, 5.74) is 10.2. The quantitative estimate of drug-likeness (QED) is 0.311. The first-order valence-electron chi connectivity index (χ1n) is 11.7. The Balaban J connectivity index is 1.40. The number of amidine groups is 1. The molecule has 0 spiro atoms. The number of nitrogens with zero attached hydrogens (tertiary/aromatic N) is 2. The minimum atomic E-state index is -0.280. The summed E-state index contributed by atoms with van der Waals surface area (Å²) >= 11 is 0. The molecule has 2 N–H and O–H groups in total. The molecule has 5 heteroatoms. The van der Waals surface area contributed by atoms with Crippen LogP contribution in [-0.4, -0.2) is 29.5 Å². The maximum atomic E-state index is 12.9. The van der Waals surface area contributed by atoms with E-state index in [1.165, 1.54) is 16.5 Å². The number of benzene rings is 3. The highest BCUT2D eigenvalue weighted by molar-refractivity contribution is 6.11. The Labute approximate surface area is 193 Å². The van der Waals surface area contributed by atoms with Crippen LogP contribution >= 0.6 is 0 Å². The van der Waals surface area contributed by atoms with E-state index in [1.54, 1.807) is 0 Å². The molecule has 0 unspecified atom stereocenters. The van der Waals surface area contributed by atoms with Crippen LogP contribution in [0.1, 0.15) is 47.6 Å². The molecule has 5 rings (SSSR count). The van der Waals surface area contributed by atoms with Gasteiger partial charge >= 0.3 is 0 Å². The van der Waals surface area contributed by atoms with Gasteiger partial charge in [0.15, 0.2) is 0 Å². The summed E-state index contributed by atoms with van der Waals surface area (Å²) in [5.74, 6) is 0.110. The van der Waals surface area contributed by atoms with Crippen LogP contribution in [0.15, 0.2) is 77.8 Å². The van der Waals surface area contributed by atoms with Crippen molar-refractivity contribution in [3.63, 3.8) is 0 Å². The molecule has 2 heterocycles. The molecule has 1 fully saturated rings. The molecule has 0 saturated carbocycles. The van der Waals surface area contributed by atoms with Crippen LogP contribution in [0.25, 0.3) is 21.8 Å². The largest absolute Gasteiger partial charge is 0.387 e. The minimum absolute atomic E-state index is 0.280. The Kier molecular flexibility index (Phi) is 6.22. The van der Waals surface area contributed by atoms with Gasteiger partial charge in [-0.1, -0.05) is 54.6 Å². The Hall–Kier alpha value is -3.44. The maximum absolute atomic E-state index is 12.9. The fourth-order valence-electron chi connectivity index (χ4n) is 4.84. The van der Waals surface area contributed by atoms with Gasteiger partial charge in [0.25, 0.3) is 5.91 Å². The SMILES string of the molecule is NC(CCCc1ccccc1)=NC(=O)c1ccc2c3ccccc3n(C3CCOCC3)c2c1. The highest BCUT2D eigenvalue weighted by atomic mass is 16.5. The molecule has 33 heavy (non-hydrogen) atoms. The van der Waals surface area contributed by atoms with Crippen molar-refractivity contribution in [1.82, 2.24) is 4.57 Å². The number of para-hydroxylation sites is 1. The van der Waals surface area contributed by atoms with E-state index in [9.17, 15) is 4.79 Å². The van der Waals surface area contributed by atoms with E-state index < -0.39 is 0 Å². The molecule has 3 aromatic carbocycles. The van der Waals surface area contributed by atoms with Gasteiger partial charge in [-0.2, -0.15) is 4.99 Å². The molecule has 0 atom stereocenters. The number of rotatable bonds is 6. The third kappa shape index (κ3) is 4.55. The normalized spacial score (nSPS) is 15.3. The van der Waals surface area contributed by atoms with Gasteiger partial charge in [0.1, 0.15) is 5.84 Å². The molecule has 1 aliphatic heterocycles. The summed E-state index contributed by atoms with van der Waals surface area (Å²) in [4.78, 5) is 17.1. The smallest absolute Gasteiger partial charge is 0.278 e. The van der Waals surface area contributed by atoms with Crippen molar-refractivity contribution in [2.24, 2.45) is 10.7 Å². The number of hydrogen-bond acceptors (Lipinski definition) is 2. The summed E-state index contributed by atoms with van der Waals surface area (Å²) in [6.45, 7) is 1.53. The molecule has 0 radical (unpaired) electrons. The zero-order chi connectivity index (χ0) is 22.6. The highest BCUT2D eigenvalue weighted by Crippen LogP contribution is 2.35. The number of carbonyl (C=O) groups is 1. The third-order valence-electron chi connectivity index (χ3n) is 6.50. The zero-order valence-corrected chi connectivity index (χ0v) is 18.7. The molecule has 0 aliphatic carbocycles. The van der Waals surface area contributed by atoms with Gasteiger partial charge in [-0.15, -0.1) is 0 Å². The third-order valence-corrected chi connectivity index (χ3v) is 6.50. The average Bonchev–Trinajstić information content (AvgIpc) is 3.19. The topological polar surface area (TPSA) is 69.6 Å². The van der Waals surface area contributed by atoms with Crippen LogP contribution in [0.2, 0.25) is 0 Å². The van der Waals surface area contributed by atoms with Crippen LogP contribution in [0.5, 0.6) is 0 Å². The summed E-state index contributed by atoms with van der Waals surface area (Å²) in [5, 5.41) is 2.37. The first kappa shape index (κ1) is 21.4. The number of nitrogens with two attached hydrogens (primary N) is 1. The van der Waals surface area contributed by atoms with Crippen LogP contribution < -0.4 is 5.73 Å². The second kappa shape index (κ2) is 9.59. The van der Waals surface area contributed by atoms with Crippen LogP contribution in [0.3, 0.4) is 0 Å². The summed E-state index contributed by atoms with van der Waals surface area (Å²) in [7, 11) is 0. The van der Waals surface area contributed by atoms with Crippen LogP contribution in [0.4, 0.5) is 0 Å². The van der Waals surface area contributed by atoms with Crippen molar-refractivity contribution in [2.75, 3.05) is 13.2 Å². The van der Waals surface area contributed by atoms with E-state index in [0.29, 0.717) is 23.9 Å². The molecule has 1 aromatic heterocycles.